The molecule has 0 amide bonds. The molecular weight excluding hydrogens is 210 g/mol. The molecule has 0 bridgehead atoms. The van der Waals surface area contributed by atoms with Crippen LogP contribution in [0.25, 0.3) is 0 Å². The van der Waals surface area contributed by atoms with Crippen LogP contribution in [0, 0.1) is 0 Å². The lowest BCUT2D eigenvalue weighted by Crippen LogP contribution is -2.45. The van der Waals surface area contributed by atoms with Gasteiger partial charge in [0.05, 0.1) is 18.3 Å². The Bertz CT molecular complexity index is 205. The first kappa shape index (κ1) is 13.9. The van der Waals surface area contributed by atoms with Crippen LogP contribution >= 0.6 is 0 Å². The number of nitrogens with zero attached hydrogens (tertiary/aromatic N) is 1. The number of aliphatic hydroxyl groups excluding tert-OH is 2. The third-order valence-corrected chi connectivity index (χ3v) is 2.36. The molecule has 1 aliphatic heterocycles. The highest BCUT2D eigenvalue weighted by Gasteiger charge is 2.26. The van der Waals surface area contributed by atoms with Gasteiger partial charge in [0.1, 0.15) is 0 Å². The standard InChI is InChI=1S/C11H23NO4/c1-11(2,3)16-10(14)12-5-4-6-15-9(7-12)8-13/h9-10,13-14H,4-8H2,1-3H3/t9-,10?/m0/s1. The van der Waals surface area contributed by atoms with Crippen molar-refractivity contribution < 1.29 is 19.7 Å². The van der Waals surface area contributed by atoms with Gasteiger partial charge in [-0.15, -0.1) is 0 Å². The maximum absolute atomic E-state index is 9.91. The smallest absolute Gasteiger partial charge is 0.216 e. The Hall–Kier alpha value is -0.200. The molecule has 1 fully saturated rings. The molecule has 1 rings (SSSR count). The van der Waals surface area contributed by atoms with Crippen LogP contribution in [0.3, 0.4) is 0 Å². The van der Waals surface area contributed by atoms with Gasteiger partial charge in [0, 0.05) is 19.7 Å². The third-order valence-electron chi connectivity index (χ3n) is 2.36. The van der Waals surface area contributed by atoms with Gasteiger partial charge in [0.2, 0.25) is 6.41 Å². The minimum absolute atomic E-state index is 0.0290. The van der Waals surface area contributed by atoms with Crippen molar-refractivity contribution in [2.75, 3.05) is 26.3 Å². The first-order valence-corrected chi connectivity index (χ1v) is 5.75. The van der Waals surface area contributed by atoms with Crippen LogP contribution in [0.1, 0.15) is 27.2 Å². The number of aliphatic hydroxyl groups is 2. The van der Waals surface area contributed by atoms with E-state index in [0.29, 0.717) is 19.7 Å². The van der Waals surface area contributed by atoms with E-state index in [1.807, 2.05) is 20.8 Å². The van der Waals surface area contributed by atoms with E-state index in [4.69, 9.17) is 14.6 Å². The Balaban J connectivity index is 2.49. The lowest BCUT2D eigenvalue weighted by atomic mass is 10.2. The number of hydrogen-bond donors (Lipinski definition) is 2. The molecule has 0 saturated carbocycles. The summed E-state index contributed by atoms with van der Waals surface area (Å²) in [5.74, 6) is 0. The predicted molar refractivity (Wildman–Crippen MR) is 59.9 cm³/mol. The zero-order valence-electron chi connectivity index (χ0n) is 10.3. The van der Waals surface area contributed by atoms with E-state index in [9.17, 15) is 5.11 Å². The van der Waals surface area contributed by atoms with Crippen molar-refractivity contribution in [1.29, 1.82) is 0 Å². The van der Waals surface area contributed by atoms with E-state index in [1.54, 1.807) is 4.90 Å². The van der Waals surface area contributed by atoms with E-state index in [1.165, 1.54) is 0 Å². The topological polar surface area (TPSA) is 62.2 Å². The fourth-order valence-corrected chi connectivity index (χ4v) is 1.63. The third kappa shape index (κ3) is 4.76. The molecule has 0 aromatic rings. The highest BCUT2D eigenvalue weighted by Crippen LogP contribution is 2.15. The summed E-state index contributed by atoms with van der Waals surface area (Å²) < 4.78 is 10.9. The van der Waals surface area contributed by atoms with Crippen molar-refractivity contribution >= 4 is 0 Å². The zero-order chi connectivity index (χ0) is 12.2. The molecule has 0 aliphatic carbocycles. The van der Waals surface area contributed by atoms with Gasteiger partial charge in [-0.1, -0.05) is 0 Å². The molecule has 0 spiro atoms. The summed E-state index contributed by atoms with van der Waals surface area (Å²) in [4.78, 5) is 1.79. The second-order valence-corrected chi connectivity index (χ2v) is 5.08. The lowest BCUT2D eigenvalue weighted by molar-refractivity contribution is -0.241. The molecule has 5 nitrogen and oxygen atoms in total. The Labute approximate surface area is 97.0 Å². The van der Waals surface area contributed by atoms with Crippen molar-refractivity contribution in [2.45, 2.75) is 45.3 Å². The van der Waals surface area contributed by atoms with Crippen molar-refractivity contribution in [1.82, 2.24) is 4.90 Å². The summed E-state index contributed by atoms with van der Waals surface area (Å²) in [6, 6.07) is 0. The minimum Gasteiger partial charge on any atom is -0.394 e. The first-order chi connectivity index (χ1) is 7.42. The molecule has 16 heavy (non-hydrogen) atoms. The quantitative estimate of drug-likeness (QED) is 0.680. The average molecular weight is 233 g/mol. The average Bonchev–Trinajstić information content (AvgIpc) is 2.39. The van der Waals surface area contributed by atoms with E-state index in [2.05, 4.69) is 0 Å². The fraction of sp³-hybridized carbons (Fsp3) is 1.00. The Morgan fingerprint density at radius 2 is 2.19 bits per heavy atom. The van der Waals surface area contributed by atoms with Crippen LogP contribution in [0.2, 0.25) is 0 Å². The van der Waals surface area contributed by atoms with E-state index in [-0.39, 0.29) is 18.3 Å². The molecule has 1 saturated heterocycles. The Morgan fingerprint density at radius 1 is 1.50 bits per heavy atom. The van der Waals surface area contributed by atoms with E-state index >= 15 is 0 Å². The molecule has 1 heterocycles. The van der Waals surface area contributed by atoms with Crippen molar-refractivity contribution in [3.63, 3.8) is 0 Å². The molecule has 0 radical (unpaired) electrons. The summed E-state index contributed by atoms with van der Waals surface area (Å²) in [5.41, 5.74) is -0.388. The largest absolute Gasteiger partial charge is 0.394 e. The molecule has 2 N–H and O–H groups in total. The lowest BCUT2D eigenvalue weighted by Gasteiger charge is -2.32. The van der Waals surface area contributed by atoms with Crippen LogP contribution in [-0.2, 0) is 9.47 Å². The summed E-state index contributed by atoms with van der Waals surface area (Å²) in [6.07, 6.45) is -0.336. The van der Waals surface area contributed by atoms with Crippen LogP contribution in [0.5, 0.6) is 0 Å². The molecular formula is C11H23NO4. The van der Waals surface area contributed by atoms with Crippen molar-refractivity contribution in [2.24, 2.45) is 0 Å². The Kier molecular flexibility index (Phi) is 5.14. The maximum atomic E-state index is 9.91. The van der Waals surface area contributed by atoms with Gasteiger partial charge in [-0.2, -0.15) is 0 Å². The van der Waals surface area contributed by atoms with Gasteiger partial charge >= 0.3 is 0 Å². The van der Waals surface area contributed by atoms with Crippen LogP contribution in [-0.4, -0.2) is 59.5 Å². The Morgan fingerprint density at radius 3 is 2.75 bits per heavy atom. The van der Waals surface area contributed by atoms with E-state index < -0.39 is 6.41 Å². The highest BCUT2D eigenvalue weighted by molar-refractivity contribution is 4.70. The molecule has 1 unspecified atom stereocenters. The van der Waals surface area contributed by atoms with Gasteiger partial charge in [-0.3, -0.25) is 4.90 Å². The van der Waals surface area contributed by atoms with Gasteiger partial charge < -0.3 is 19.7 Å². The minimum atomic E-state index is -0.934. The highest BCUT2D eigenvalue weighted by atomic mass is 16.6. The maximum Gasteiger partial charge on any atom is 0.216 e. The fourth-order valence-electron chi connectivity index (χ4n) is 1.63. The normalized spacial score (nSPS) is 26.4. The summed E-state index contributed by atoms with van der Waals surface area (Å²) in [6.45, 7) is 7.49. The number of rotatable bonds is 3. The predicted octanol–water partition coefficient (Wildman–Crippen LogP) is 0.161. The first-order valence-electron chi connectivity index (χ1n) is 5.75. The van der Waals surface area contributed by atoms with Gasteiger partial charge in [0.25, 0.3) is 0 Å². The number of ether oxygens (including phenoxy) is 2. The van der Waals surface area contributed by atoms with E-state index in [0.717, 1.165) is 6.42 Å². The van der Waals surface area contributed by atoms with Crippen LogP contribution < -0.4 is 0 Å². The second kappa shape index (κ2) is 5.93. The second-order valence-electron chi connectivity index (χ2n) is 5.08. The monoisotopic (exact) mass is 233 g/mol. The number of hydrogen-bond acceptors (Lipinski definition) is 5. The molecule has 0 aromatic heterocycles. The zero-order valence-corrected chi connectivity index (χ0v) is 10.3. The van der Waals surface area contributed by atoms with Gasteiger partial charge in [-0.25, -0.2) is 0 Å². The summed E-state index contributed by atoms with van der Waals surface area (Å²) >= 11 is 0. The summed E-state index contributed by atoms with van der Waals surface area (Å²) in [7, 11) is 0. The van der Waals surface area contributed by atoms with Gasteiger partial charge in [-0.05, 0) is 27.2 Å². The molecule has 5 heteroatoms. The molecule has 1 aliphatic rings. The molecule has 96 valence electrons. The molecule has 2 atom stereocenters. The van der Waals surface area contributed by atoms with Crippen LogP contribution in [0.4, 0.5) is 0 Å². The van der Waals surface area contributed by atoms with Crippen molar-refractivity contribution in [3.8, 4) is 0 Å². The van der Waals surface area contributed by atoms with Gasteiger partial charge in [0.15, 0.2) is 0 Å². The molecule has 0 aromatic carbocycles. The van der Waals surface area contributed by atoms with Crippen molar-refractivity contribution in [3.05, 3.63) is 0 Å². The van der Waals surface area contributed by atoms with Crippen LogP contribution in [0.15, 0.2) is 0 Å². The SMILES string of the molecule is CC(C)(C)OC(O)N1CCCO[C@H](CO)C1. The summed E-state index contributed by atoms with van der Waals surface area (Å²) in [5, 5.41) is 19.0.